The van der Waals surface area contributed by atoms with Gasteiger partial charge in [0, 0.05) is 11.0 Å². The van der Waals surface area contributed by atoms with E-state index in [2.05, 4.69) is 121 Å². The molecule has 6 rings (SSSR count). The lowest BCUT2D eigenvalue weighted by molar-refractivity contribution is 0.631. The van der Waals surface area contributed by atoms with Crippen LogP contribution in [0.1, 0.15) is 38.8 Å². The highest BCUT2D eigenvalue weighted by atomic mass is 15.4. The average molecular weight is 539 g/mol. The fraction of sp³-hybridized carbons (Fsp3) is 0.135. The molecule has 1 aliphatic heterocycles. The first-order valence-corrected chi connectivity index (χ1v) is 13.8. The molecule has 0 aliphatic carbocycles. The smallest absolute Gasteiger partial charge is 0.113 e. The van der Waals surface area contributed by atoms with E-state index in [-0.39, 0.29) is 5.41 Å². The van der Waals surface area contributed by atoms with Crippen LogP contribution in [0.25, 0.3) is 16.9 Å². The molecule has 1 aliphatic rings. The predicted octanol–water partition coefficient (Wildman–Crippen LogP) is 9.98. The van der Waals surface area contributed by atoms with Crippen LogP contribution in [-0.2, 0) is 5.41 Å². The molecule has 0 radical (unpaired) electrons. The van der Waals surface area contributed by atoms with E-state index in [0.717, 1.165) is 22.6 Å². The number of nitrogens with zero attached hydrogens (tertiary/aromatic N) is 4. The van der Waals surface area contributed by atoms with Crippen molar-refractivity contribution in [2.75, 3.05) is 4.90 Å². The first kappa shape index (κ1) is 29.0. The van der Waals surface area contributed by atoms with Crippen molar-refractivity contribution < 1.29 is 0 Å². The van der Waals surface area contributed by atoms with Gasteiger partial charge in [0.15, 0.2) is 0 Å². The summed E-state index contributed by atoms with van der Waals surface area (Å²) in [5.41, 5.74) is 8.86. The van der Waals surface area contributed by atoms with Crippen LogP contribution < -0.4 is 4.90 Å². The van der Waals surface area contributed by atoms with E-state index in [1.54, 1.807) is 12.2 Å². The van der Waals surface area contributed by atoms with Crippen LogP contribution >= 0.6 is 0 Å². The SMILES string of the molecule is C/C=C\C.C=CC=C.CC1(C)c2ccccc2N(c2ccccc2-n2cc(-c3ccccc3)nn2)c2ccccc21. The van der Waals surface area contributed by atoms with Crippen molar-refractivity contribution in [1.29, 1.82) is 0 Å². The summed E-state index contributed by atoms with van der Waals surface area (Å²) < 4.78 is 1.88. The van der Waals surface area contributed by atoms with Crippen LogP contribution in [0.4, 0.5) is 17.1 Å². The van der Waals surface area contributed by atoms with Crippen LogP contribution in [0.15, 0.2) is 147 Å². The molecule has 4 heteroatoms. The number of rotatable bonds is 4. The van der Waals surface area contributed by atoms with Gasteiger partial charge in [0.1, 0.15) is 5.69 Å². The van der Waals surface area contributed by atoms with Gasteiger partial charge in [-0.3, -0.25) is 0 Å². The molecule has 0 N–H and O–H groups in total. The maximum Gasteiger partial charge on any atom is 0.113 e. The molecule has 5 aromatic rings. The first-order chi connectivity index (χ1) is 20.0. The maximum absolute atomic E-state index is 4.50. The first-order valence-electron chi connectivity index (χ1n) is 13.8. The lowest BCUT2D eigenvalue weighted by Crippen LogP contribution is -2.30. The monoisotopic (exact) mass is 538 g/mol. The summed E-state index contributed by atoms with van der Waals surface area (Å²) in [6.07, 6.45) is 9.28. The lowest BCUT2D eigenvalue weighted by atomic mass is 9.73. The number of anilines is 3. The Morgan fingerprint density at radius 3 is 1.59 bits per heavy atom. The Morgan fingerprint density at radius 1 is 0.610 bits per heavy atom. The molecule has 0 fully saturated rings. The predicted molar refractivity (Wildman–Crippen MR) is 174 cm³/mol. The largest absolute Gasteiger partial charge is 0.308 e. The Balaban J connectivity index is 0.000000432. The number of para-hydroxylation sites is 4. The third-order valence-corrected chi connectivity index (χ3v) is 7.07. The number of benzene rings is 4. The molecule has 206 valence electrons. The van der Waals surface area contributed by atoms with E-state index in [0.29, 0.717) is 0 Å². The Bertz CT molecular complexity index is 1570. The lowest BCUT2D eigenvalue weighted by Gasteiger charge is -2.42. The zero-order valence-corrected chi connectivity index (χ0v) is 24.4. The molecule has 0 saturated carbocycles. The number of hydrogen-bond acceptors (Lipinski definition) is 3. The van der Waals surface area contributed by atoms with Gasteiger partial charge < -0.3 is 4.90 Å². The fourth-order valence-electron chi connectivity index (χ4n) is 4.90. The highest BCUT2D eigenvalue weighted by molar-refractivity contribution is 5.88. The van der Waals surface area contributed by atoms with Crippen molar-refractivity contribution in [1.82, 2.24) is 15.0 Å². The van der Waals surface area contributed by atoms with E-state index >= 15 is 0 Å². The summed E-state index contributed by atoms with van der Waals surface area (Å²) in [7, 11) is 0. The molecule has 0 atom stereocenters. The van der Waals surface area contributed by atoms with Crippen LogP contribution in [0.2, 0.25) is 0 Å². The van der Waals surface area contributed by atoms with E-state index in [1.807, 2.05) is 61.1 Å². The minimum atomic E-state index is -0.0909. The zero-order valence-electron chi connectivity index (χ0n) is 24.4. The highest BCUT2D eigenvalue weighted by Gasteiger charge is 2.37. The summed E-state index contributed by atoms with van der Waals surface area (Å²) in [4.78, 5) is 2.36. The van der Waals surface area contributed by atoms with Gasteiger partial charge in [-0.25, -0.2) is 4.68 Å². The van der Waals surface area contributed by atoms with Crippen LogP contribution in [0.3, 0.4) is 0 Å². The summed E-state index contributed by atoms with van der Waals surface area (Å²) in [5, 5.41) is 8.95. The van der Waals surface area contributed by atoms with Crippen molar-refractivity contribution in [2.45, 2.75) is 33.1 Å². The molecule has 4 aromatic carbocycles. The number of allylic oxidation sites excluding steroid dienone is 4. The van der Waals surface area contributed by atoms with Gasteiger partial charge in [-0.15, -0.1) is 5.10 Å². The van der Waals surface area contributed by atoms with Gasteiger partial charge in [-0.05, 0) is 49.2 Å². The van der Waals surface area contributed by atoms with E-state index in [4.69, 9.17) is 0 Å². The summed E-state index contributed by atoms with van der Waals surface area (Å²) in [6, 6.07) is 35.9. The third kappa shape index (κ3) is 6.12. The van der Waals surface area contributed by atoms with Crippen molar-refractivity contribution in [3.05, 3.63) is 158 Å². The summed E-state index contributed by atoms with van der Waals surface area (Å²) >= 11 is 0. The Morgan fingerprint density at radius 2 is 1.07 bits per heavy atom. The molecule has 0 amide bonds. The van der Waals surface area contributed by atoms with Crippen molar-refractivity contribution in [3.63, 3.8) is 0 Å². The molecule has 1 aromatic heterocycles. The molecule has 0 bridgehead atoms. The van der Waals surface area contributed by atoms with Crippen LogP contribution in [-0.4, -0.2) is 15.0 Å². The molecule has 0 spiro atoms. The topological polar surface area (TPSA) is 34.0 Å². The van der Waals surface area contributed by atoms with Crippen LogP contribution in [0.5, 0.6) is 0 Å². The minimum Gasteiger partial charge on any atom is -0.308 e. The van der Waals surface area contributed by atoms with Crippen molar-refractivity contribution in [3.8, 4) is 16.9 Å². The second kappa shape index (κ2) is 13.4. The van der Waals surface area contributed by atoms with E-state index < -0.39 is 0 Å². The number of aromatic nitrogens is 3. The summed E-state index contributed by atoms with van der Waals surface area (Å²) in [5.74, 6) is 0. The molecular formula is C37H38N4. The quantitative estimate of drug-likeness (QED) is 0.169. The number of hydrogen-bond donors (Lipinski definition) is 0. The Labute approximate surface area is 244 Å². The van der Waals surface area contributed by atoms with Gasteiger partial charge in [-0.2, -0.15) is 0 Å². The normalized spacial score (nSPS) is 12.6. The van der Waals surface area contributed by atoms with E-state index in [1.165, 1.54) is 22.5 Å². The van der Waals surface area contributed by atoms with Gasteiger partial charge >= 0.3 is 0 Å². The van der Waals surface area contributed by atoms with Gasteiger partial charge in [-0.1, -0.05) is 135 Å². The zero-order chi connectivity index (χ0) is 29.2. The standard InChI is InChI=1S/C29H24N4.C4H8.C4H6/c1-29(2)22-14-6-8-16-25(22)33(26-17-9-7-15-23(26)29)28-19-11-10-18-27(28)32-20-24(30-31-32)21-12-4-3-5-13-21;2*1-3-4-2/h3-20H,1-2H3;3-4H,1-2H3;3-4H,1-2H2/b;4-3-;. The van der Waals surface area contributed by atoms with Crippen LogP contribution in [0, 0.1) is 0 Å². The average Bonchev–Trinajstić information content (AvgIpc) is 3.53. The van der Waals surface area contributed by atoms with E-state index in [9.17, 15) is 0 Å². The van der Waals surface area contributed by atoms with Crippen molar-refractivity contribution in [2.24, 2.45) is 0 Å². The Kier molecular flexibility index (Phi) is 9.49. The minimum absolute atomic E-state index is 0.0909. The second-order valence-electron chi connectivity index (χ2n) is 10.0. The molecule has 41 heavy (non-hydrogen) atoms. The Hall–Kier alpha value is -4.96. The second-order valence-corrected chi connectivity index (χ2v) is 10.0. The van der Waals surface area contributed by atoms with Gasteiger partial charge in [0.05, 0.1) is 28.9 Å². The molecule has 2 heterocycles. The van der Waals surface area contributed by atoms with Gasteiger partial charge in [0.2, 0.25) is 0 Å². The fourth-order valence-corrected chi connectivity index (χ4v) is 4.90. The molecule has 0 saturated heterocycles. The molecular weight excluding hydrogens is 500 g/mol. The van der Waals surface area contributed by atoms with Crippen molar-refractivity contribution >= 4 is 17.1 Å². The van der Waals surface area contributed by atoms with Gasteiger partial charge in [0.25, 0.3) is 0 Å². The number of fused-ring (bicyclic) bond motifs is 2. The molecule has 0 unspecified atom stereocenters. The molecule has 4 nitrogen and oxygen atoms in total. The summed E-state index contributed by atoms with van der Waals surface area (Å²) in [6.45, 7) is 15.3. The highest BCUT2D eigenvalue weighted by Crippen LogP contribution is 2.52. The third-order valence-electron chi connectivity index (χ3n) is 7.07. The maximum atomic E-state index is 4.50.